The molecule has 1 aliphatic heterocycles. The summed E-state index contributed by atoms with van der Waals surface area (Å²) in [4.78, 5) is 18.6. The fourth-order valence-electron chi connectivity index (χ4n) is 4.89. The van der Waals surface area contributed by atoms with Crippen LogP contribution < -0.4 is 15.1 Å². The summed E-state index contributed by atoms with van der Waals surface area (Å²) in [6.45, 7) is 4.30. The van der Waals surface area contributed by atoms with Crippen LogP contribution in [0.4, 0.5) is 0 Å². The summed E-state index contributed by atoms with van der Waals surface area (Å²) in [7, 11) is 1.54. The molecule has 0 amide bonds. The highest BCUT2D eigenvalue weighted by Crippen LogP contribution is 2.51. The molecule has 142 valence electrons. The van der Waals surface area contributed by atoms with Gasteiger partial charge in [0.1, 0.15) is 19.0 Å². The lowest BCUT2D eigenvalue weighted by Crippen LogP contribution is -2.44. The van der Waals surface area contributed by atoms with Gasteiger partial charge >= 0.3 is 0 Å². The molecule has 0 N–H and O–H groups in total. The van der Waals surface area contributed by atoms with Crippen molar-refractivity contribution in [2.24, 2.45) is 11.8 Å². The number of nitrogens with zero attached hydrogens (tertiary/aromatic N) is 1. The zero-order valence-electron chi connectivity index (χ0n) is 16.2. The first-order valence-electron chi connectivity index (χ1n) is 9.84. The minimum atomic E-state index is -0.0881. The van der Waals surface area contributed by atoms with Gasteiger partial charge in [-0.05, 0) is 30.9 Å². The zero-order chi connectivity index (χ0) is 19.0. The Balaban J connectivity index is 1.99. The molecule has 4 rings (SSSR count). The highest BCUT2D eigenvalue weighted by atomic mass is 16.6. The van der Waals surface area contributed by atoms with E-state index in [1.54, 1.807) is 6.20 Å². The van der Waals surface area contributed by atoms with Crippen molar-refractivity contribution in [3.8, 4) is 16.9 Å². The normalized spacial score (nSPS) is 26.9. The number of allylic oxidation sites excluding steroid dienone is 1. The Kier molecular flexibility index (Phi) is 4.81. The summed E-state index contributed by atoms with van der Waals surface area (Å²) in [5.74, 6) is 1.71. The van der Waals surface area contributed by atoms with Gasteiger partial charge < -0.3 is 9.57 Å². The summed E-state index contributed by atoms with van der Waals surface area (Å²) < 4.78 is 7.86. The highest BCUT2D eigenvalue weighted by molar-refractivity contribution is 5.72. The number of hydrogen-bond acceptors (Lipinski definition) is 3. The summed E-state index contributed by atoms with van der Waals surface area (Å²) >= 11 is 0. The van der Waals surface area contributed by atoms with E-state index in [0.717, 1.165) is 35.3 Å². The van der Waals surface area contributed by atoms with Crippen LogP contribution in [0.2, 0.25) is 0 Å². The van der Waals surface area contributed by atoms with Gasteiger partial charge in [-0.1, -0.05) is 56.2 Å². The molecular weight excluding hydrogens is 338 g/mol. The summed E-state index contributed by atoms with van der Waals surface area (Å²) in [6, 6.07) is 10.1. The molecule has 4 atom stereocenters. The Hall–Kier alpha value is -2.49. The van der Waals surface area contributed by atoms with E-state index in [4.69, 9.17) is 9.57 Å². The molecule has 27 heavy (non-hydrogen) atoms. The van der Waals surface area contributed by atoms with Gasteiger partial charge in [0.25, 0.3) is 5.56 Å². The lowest BCUT2D eigenvalue weighted by molar-refractivity contribution is 0.0734. The van der Waals surface area contributed by atoms with Crippen molar-refractivity contribution in [1.82, 2.24) is 4.73 Å². The van der Waals surface area contributed by atoms with Crippen molar-refractivity contribution in [2.75, 3.05) is 7.11 Å². The second-order valence-electron chi connectivity index (χ2n) is 7.67. The molecule has 1 aromatic carbocycles. The maximum atomic E-state index is 13.2. The van der Waals surface area contributed by atoms with E-state index in [9.17, 15) is 4.79 Å². The quantitative estimate of drug-likeness (QED) is 0.756. The summed E-state index contributed by atoms with van der Waals surface area (Å²) in [5, 5.41) is 0. The van der Waals surface area contributed by atoms with Crippen LogP contribution in [-0.2, 0) is 0 Å². The van der Waals surface area contributed by atoms with Crippen LogP contribution in [0.1, 0.15) is 44.6 Å². The van der Waals surface area contributed by atoms with E-state index in [0.29, 0.717) is 11.8 Å². The Labute approximate surface area is 160 Å². The Morgan fingerprint density at radius 3 is 2.70 bits per heavy atom. The lowest BCUT2D eigenvalue weighted by Gasteiger charge is -2.44. The fourth-order valence-corrected chi connectivity index (χ4v) is 4.89. The Morgan fingerprint density at radius 1 is 1.22 bits per heavy atom. The molecule has 4 heteroatoms. The maximum absolute atomic E-state index is 13.2. The zero-order valence-corrected chi connectivity index (χ0v) is 16.2. The monoisotopic (exact) mass is 365 g/mol. The SMILES string of the molecule is CC=CC1Oc2c(-c3ccccc3)cn(OC)c(=O)c2C2C(C)CCCC12. The Bertz CT molecular complexity index is 900. The highest BCUT2D eigenvalue weighted by Gasteiger charge is 2.44. The molecule has 1 saturated carbocycles. The second-order valence-corrected chi connectivity index (χ2v) is 7.67. The standard InChI is InChI=1S/C23H27NO3/c1-4-9-19-17-13-8-10-15(2)20(17)21-22(27-19)18(14-24(26-3)23(21)25)16-11-6-5-7-12-16/h4-7,9,11-12,14-15,17,19-20H,8,10,13H2,1-3H3. The number of pyridine rings is 1. The van der Waals surface area contributed by atoms with Crippen molar-refractivity contribution in [3.63, 3.8) is 0 Å². The smallest absolute Gasteiger partial charge is 0.290 e. The number of hydrogen-bond donors (Lipinski definition) is 0. The van der Waals surface area contributed by atoms with Crippen LogP contribution in [0.25, 0.3) is 11.1 Å². The van der Waals surface area contributed by atoms with E-state index in [1.165, 1.54) is 18.3 Å². The second kappa shape index (κ2) is 7.26. The summed E-state index contributed by atoms with van der Waals surface area (Å²) in [6.07, 6.45) is 9.40. The summed E-state index contributed by atoms with van der Waals surface area (Å²) in [5.41, 5.74) is 2.64. The maximum Gasteiger partial charge on any atom is 0.290 e. The van der Waals surface area contributed by atoms with Gasteiger partial charge in [-0.2, -0.15) is 4.73 Å². The molecule has 2 aliphatic rings. The average molecular weight is 365 g/mol. The van der Waals surface area contributed by atoms with Crippen LogP contribution >= 0.6 is 0 Å². The van der Waals surface area contributed by atoms with Crippen molar-refractivity contribution >= 4 is 0 Å². The minimum Gasteiger partial charge on any atom is -0.485 e. The number of benzene rings is 1. The molecule has 1 aliphatic carbocycles. The third-order valence-corrected chi connectivity index (χ3v) is 6.11. The molecule has 4 nitrogen and oxygen atoms in total. The van der Waals surface area contributed by atoms with Gasteiger partial charge in [0.05, 0.1) is 11.8 Å². The Morgan fingerprint density at radius 2 is 2.00 bits per heavy atom. The van der Waals surface area contributed by atoms with Crippen LogP contribution in [-0.4, -0.2) is 17.9 Å². The van der Waals surface area contributed by atoms with E-state index in [2.05, 4.69) is 19.1 Å². The molecule has 0 bridgehead atoms. The average Bonchev–Trinajstić information content (AvgIpc) is 2.69. The molecular formula is C23H27NO3. The van der Waals surface area contributed by atoms with E-state index < -0.39 is 0 Å². The number of fused-ring (bicyclic) bond motifs is 3. The van der Waals surface area contributed by atoms with E-state index in [-0.39, 0.29) is 17.6 Å². The first-order valence-corrected chi connectivity index (χ1v) is 9.84. The van der Waals surface area contributed by atoms with Crippen molar-refractivity contribution in [3.05, 3.63) is 64.6 Å². The molecule has 0 spiro atoms. The molecule has 2 aromatic rings. The number of rotatable bonds is 3. The third kappa shape index (κ3) is 2.97. The number of aromatic nitrogens is 1. The predicted molar refractivity (Wildman–Crippen MR) is 107 cm³/mol. The topological polar surface area (TPSA) is 40.5 Å². The van der Waals surface area contributed by atoms with Crippen LogP contribution in [0, 0.1) is 11.8 Å². The van der Waals surface area contributed by atoms with E-state index >= 15 is 0 Å². The molecule has 0 radical (unpaired) electrons. The van der Waals surface area contributed by atoms with Gasteiger partial charge in [0.2, 0.25) is 0 Å². The van der Waals surface area contributed by atoms with Gasteiger partial charge in [0.15, 0.2) is 0 Å². The van der Waals surface area contributed by atoms with Crippen molar-refractivity contribution in [1.29, 1.82) is 0 Å². The lowest BCUT2D eigenvalue weighted by atomic mass is 9.66. The first kappa shape index (κ1) is 17.9. The van der Waals surface area contributed by atoms with Crippen LogP contribution in [0.5, 0.6) is 5.75 Å². The van der Waals surface area contributed by atoms with Gasteiger partial charge in [-0.25, -0.2) is 0 Å². The van der Waals surface area contributed by atoms with E-state index in [1.807, 2.05) is 37.3 Å². The minimum absolute atomic E-state index is 0.00973. The molecule has 1 fully saturated rings. The van der Waals surface area contributed by atoms with Gasteiger partial charge in [0, 0.05) is 17.4 Å². The molecule has 0 saturated heterocycles. The first-order chi connectivity index (χ1) is 13.2. The van der Waals surface area contributed by atoms with Gasteiger partial charge in [-0.3, -0.25) is 4.79 Å². The largest absolute Gasteiger partial charge is 0.485 e. The number of ether oxygens (including phenoxy) is 1. The third-order valence-electron chi connectivity index (χ3n) is 6.11. The molecule has 4 unspecified atom stereocenters. The fraction of sp³-hybridized carbons (Fsp3) is 0.435. The van der Waals surface area contributed by atoms with Crippen molar-refractivity contribution in [2.45, 2.75) is 45.1 Å². The van der Waals surface area contributed by atoms with Crippen LogP contribution in [0.15, 0.2) is 53.5 Å². The molecule has 1 aromatic heterocycles. The molecule has 2 heterocycles. The van der Waals surface area contributed by atoms with Crippen LogP contribution in [0.3, 0.4) is 0 Å². The van der Waals surface area contributed by atoms with Crippen molar-refractivity contribution < 1.29 is 9.57 Å². The van der Waals surface area contributed by atoms with Gasteiger partial charge in [-0.15, -0.1) is 0 Å². The predicted octanol–water partition coefficient (Wildman–Crippen LogP) is 4.43.